The summed E-state index contributed by atoms with van der Waals surface area (Å²) in [5.41, 5.74) is 1.90. The van der Waals surface area contributed by atoms with Gasteiger partial charge in [-0.3, -0.25) is 4.68 Å². The van der Waals surface area contributed by atoms with Crippen molar-refractivity contribution in [1.82, 2.24) is 29.6 Å². The van der Waals surface area contributed by atoms with Crippen LogP contribution in [-0.4, -0.2) is 29.6 Å². The highest BCUT2D eigenvalue weighted by Crippen LogP contribution is 2.25. The van der Waals surface area contributed by atoms with E-state index in [2.05, 4.69) is 20.4 Å². The van der Waals surface area contributed by atoms with Crippen LogP contribution in [0.4, 0.5) is 4.39 Å². The minimum Gasteiger partial charge on any atom is -0.265 e. The second-order valence-electron chi connectivity index (χ2n) is 4.86. The number of halogens is 1. The Hall–Kier alpha value is -2.61. The largest absolute Gasteiger partial charge is 0.265 e. The van der Waals surface area contributed by atoms with Gasteiger partial charge in [-0.2, -0.15) is 14.7 Å². The van der Waals surface area contributed by atoms with Crippen molar-refractivity contribution in [3.63, 3.8) is 0 Å². The standard InChI is InChI=1S/C14H11FN6S/c1-20-11(6-7-16-20)13-19-21-12(17-18-14(21)22-13)8-9-2-4-10(15)5-3-9/h2-7H,8H2,1H3. The predicted octanol–water partition coefficient (Wildman–Crippen LogP) is 2.32. The smallest absolute Gasteiger partial charge is 0.235 e. The molecule has 0 unspecified atom stereocenters. The molecule has 0 bridgehead atoms. The molecule has 0 aliphatic rings. The second-order valence-corrected chi connectivity index (χ2v) is 5.82. The number of aryl methyl sites for hydroxylation is 1. The molecule has 0 atom stereocenters. The van der Waals surface area contributed by atoms with Crippen LogP contribution in [0.3, 0.4) is 0 Å². The second kappa shape index (κ2) is 4.99. The van der Waals surface area contributed by atoms with Gasteiger partial charge in [-0.05, 0) is 23.8 Å². The summed E-state index contributed by atoms with van der Waals surface area (Å²) in [7, 11) is 1.87. The van der Waals surface area contributed by atoms with Crippen molar-refractivity contribution in [2.45, 2.75) is 6.42 Å². The number of hydrogen-bond donors (Lipinski definition) is 0. The van der Waals surface area contributed by atoms with E-state index in [1.165, 1.54) is 23.5 Å². The zero-order valence-corrected chi connectivity index (χ0v) is 12.5. The number of aromatic nitrogens is 6. The van der Waals surface area contributed by atoms with Gasteiger partial charge >= 0.3 is 0 Å². The molecule has 0 saturated heterocycles. The number of benzene rings is 1. The maximum atomic E-state index is 13.0. The van der Waals surface area contributed by atoms with Gasteiger partial charge in [0, 0.05) is 19.7 Å². The van der Waals surface area contributed by atoms with E-state index in [-0.39, 0.29) is 5.82 Å². The Labute approximate surface area is 128 Å². The van der Waals surface area contributed by atoms with Gasteiger partial charge in [-0.15, -0.1) is 10.2 Å². The number of rotatable bonds is 3. The molecule has 6 nitrogen and oxygen atoms in total. The zero-order valence-electron chi connectivity index (χ0n) is 11.6. The quantitative estimate of drug-likeness (QED) is 0.582. The lowest BCUT2D eigenvalue weighted by molar-refractivity contribution is 0.627. The van der Waals surface area contributed by atoms with Gasteiger partial charge in [0.15, 0.2) is 10.8 Å². The van der Waals surface area contributed by atoms with Crippen LogP contribution in [0.15, 0.2) is 36.5 Å². The Balaban J connectivity index is 1.72. The zero-order chi connectivity index (χ0) is 15.1. The molecule has 0 fully saturated rings. The van der Waals surface area contributed by atoms with Crippen LogP contribution in [-0.2, 0) is 13.5 Å². The molecule has 3 aromatic heterocycles. The van der Waals surface area contributed by atoms with Crippen molar-refractivity contribution in [3.8, 4) is 10.7 Å². The molecule has 4 rings (SSSR count). The normalized spacial score (nSPS) is 11.4. The van der Waals surface area contributed by atoms with E-state index in [1.54, 1.807) is 27.5 Å². The fraction of sp³-hybridized carbons (Fsp3) is 0.143. The molecule has 1 aromatic carbocycles. The molecule has 0 spiro atoms. The van der Waals surface area contributed by atoms with E-state index in [0.717, 1.165) is 27.1 Å². The summed E-state index contributed by atoms with van der Waals surface area (Å²) in [5.74, 6) is 0.480. The van der Waals surface area contributed by atoms with Crippen LogP contribution in [0.2, 0.25) is 0 Å². The number of hydrogen-bond acceptors (Lipinski definition) is 5. The minimum absolute atomic E-state index is 0.248. The van der Waals surface area contributed by atoms with Gasteiger partial charge < -0.3 is 0 Å². The summed E-state index contributed by atoms with van der Waals surface area (Å²) in [5, 5.41) is 17.9. The van der Waals surface area contributed by atoms with E-state index >= 15 is 0 Å². The van der Waals surface area contributed by atoms with Crippen LogP contribution < -0.4 is 0 Å². The fourth-order valence-electron chi connectivity index (χ4n) is 2.24. The van der Waals surface area contributed by atoms with Gasteiger partial charge in [0.25, 0.3) is 0 Å². The van der Waals surface area contributed by atoms with Crippen molar-refractivity contribution in [2.24, 2.45) is 7.05 Å². The van der Waals surface area contributed by atoms with Gasteiger partial charge in [0.1, 0.15) is 5.82 Å². The molecule has 0 aliphatic carbocycles. The Kier molecular flexibility index (Phi) is 2.97. The highest BCUT2D eigenvalue weighted by molar-refractivity contribution is 7.19. The van der Waals surface area contributed by atoms with Gasteiger partial charge in [0.2, 0.25) is 4.96 Å². The lowest BCUT2D eigenvalue weighted by atomic mass is 10.1. The first-order chi connectivity index (χ1) is 10.7. The van der Waals surface area contributed by atoms with Crippen LogP contribution in [0.5, 0.6) is 0 Å². The van der Waals surface area contributed by atoms with Crippen molar-refractivity contribution in [3.05, 3.63) is 53.7 Å². The average molecular weight is 314 g/mol. The summed E-state index contributed by atoms with van der Waals surface area (Å²) in [6, 6.07) is 8.27. The van der Waals surface area contributed by atoms with E-state index in [1.807, 2.05) is 13.1 Å². The topological polar surface area (TPSA) is 60.9 Å². The molecule has 4 aromatic rings. The molecule has 110 valence electrons. The monoisotopic (exact) mass is 314 g/mol. The van der Waals surface area contributed by atoms with Crippen LogP contribution in [0.1, 0.15) is 11.4 Å². The highest BCUT2D eigenvalue weighted by atomic mass is 32.1. The summed E-state index contributed by atoms with van der Waals surface area (Å²) < 4.78 is 16.5. The van der Waals surface area contributed by atoms with E-state index in [4.69, 9.17) is 0 Å². The minimum atomic E-state index is -0.248. The molecule has 0 aliphatic heterocycles. The Morgan fingerprint density at radius 1 is 1.14 bits per heavy atom. The van der Waals surface area contributed by atoms with Crippen LogP contribution >= 0.6 is 11.3 Å². The number of nitrogens with zero attached hydrogens (tertiary/aromatic N) is 6. The Morgan fingerprint density at radius 3 is 2.68 bits per heavy atom. The van der Waals surface area contributed by atoms with Crippen molar-refractivity contribution < 1.29 is 4.39 Å². The summed E-state index contributed by atoms with van der Waals surface area (Å²) in [4.78, 5) is 0.730. The van der Waals surface area contributed by atoms with Gasteiger partial charge in [-0.1, -0.05) is 23.5 Å². The first-order valence-electron chi connectivity index (χ1n) is 6.64. The fourth-order valence-corrected chi connectivity index (χ4v) is 3.15. The van der Waals surface area contributed by atoms with E-state index < -0.39 is 0 Å². The summed E-state index contributed by atoms with van der Waals surface area (Å²) in [6.45, 7) is 0. The van der Waals surface area contributed by atoms with Crippen LogP contribution in [0, 0.1) is 5.82 Å². The Bertz CT molecular complexity index is 936. The summed E-state index contributed by atoms with van der Waals surface area (Å²) in [6.07, 6.45) is 2.28. The maximum Gasteiger partial charge on any atom is 0.235 e. The maximum absolute atomic E-state index is 13.0. The molecule has 22 heavy (non-hydrogen) atoms. The molecular formula is C14H11FN6S. The molecule has 3 heterocycles. The lowest BCUT2D eigenvalue weighted by Gasteiger charge is -1.98. The third-order valence-corrected chi connectivity index (χ3v) is 4.29. The molecule has 0 amide bonds. The lowest BCUT2D eigenvalue weighted by Crippen LogP contribution is -1.99. The van der Waals surface area contributed by atoms with Crippen molar-refractivity contribution in [1.29, 1.82) is 0 Å². The first-order valence-corrected chi connectivity index (χ1v) is 7.46. The van der Waals surface area contributed by atoms with Crippen molar-refractivity contribution >= 4 is 16.3 Å². The first kappa shape index (κ1) is 13.1. The third-order valence-electron chi connectivity index (χ3n) is 3.37. The average Bonchev–Trinajstić information content (AvgIpc) is 3.18. The predicted molar refractivity (Wildman–Crippen MR) is 80.1 cm³/mol. The SMILES string of the molecule is Cn1nccc1-c1nn2c(Cc3ccc(F)cc3)nnc2s1. The van der Waals surface area contributed by atoms with Crippen molar-refractivity contribution in [2.75, 3.05) is 0 Å². The molecule has 0 N–H and O–H groups in total. The molecular weight excluding hydrogens is 303 g/mol. The summed E-state index contributed by atoms with van der Waals surface area (Å²) >= 11 is 1.46. The van der Waals surface area contributed by atoms with Crippen LogP contribution in [0.25, 0.3) is 15.7 Å². The molecule has 0 saturated carbocycles. The van der Waals surface area contributed by atoms with E-state index in [9.17, 15) is 4.39 Å². The molecule has 8 heteroatoms. The number of fused-ring (bicyclic) bond motifs is 1. The Morgan fingerprint density at radius 2 is 1.95 bits per heavy atom. The highest BCUT2D eigenvalue weighted by Gasteiger charge is 2.15. The molecule has 0 radical (unpaired) electrons. The van der Waals surface area contributed by atoms with Gasteiger partial charge in [-0.25, -0.2) is 4.39 Å². The van der Waals surface area contributed by atoms with Gasteiger partial charge in [0.05, 0.1) is 5.69 Å². The van der Waals surface area contributed by atoms with E-state index in [0.29, 0.717) is 6.42 Å². The third kappa shape index (κ3) is 2.17.